The molecule has 0 aliphatic carbocycles. The van der Waals surface area contributed by atoms with Crippen LogP contribution in [0.4, 0.5) is 15.8 Å². The Morgan fingerprint density at radius 3 is 2.40 bits per heavy atom. The van der Waals surface area contributed by atoms with Crippen LogP contribution in [-0.2, 0) is 16.1 Å². The van der Waals surface area contributed by atoms with Crippen LogP contribution in [0.15, 0.2) is 72.8 Å². The predicted octanol–water partition coefficient (Wildman–Crippen LogP) is 5.91. The topological polar surface area (TPSA) is 71.5 Å². The lowest BCUT2D eigenvalue weighted by molar-refractivity contribution is -0.137. The summed E-state index contributed by atoms with van der Waals surface area (Å²) >= 11 is 0. The van der Waals surface area contributed by atoms with Crippen molar-refractivity contribution in [3.63, 3.8) is 0 Å². The minimum Gasteiger partial charge on any atom is -0.494 e. The van der Waals surface area contributed by atoms with Gasteiger partial charge in [0.25, 0.3) is 0 Å². The summed E-state index contributed by atoms with van der Waals surface area (Å²) in [5.41, 5.74) is 2.64. The summed E-state index contributed by atoms with van der Waals surface area (Å²) < 4.78 is 32.4. The first-order chi connectivity index (χ1) is 19.5. The molecule has 2 saturated heterocycles. The number of halogens is 1. The maximum Gasteiger partial charge on any atom is 0.305 e. The Morgan fingerprint density at radius 1 is 0.975 bits per heavy atom. The van der Waals surface area contributed by atoms with E-state index in [2.05, 4.69) is 4.90 Å². The molecule has 2 aliphatic rings. The van der Waals surface area contributed by atoms with Crippen molar-refractivity contribution in [3.05, 3.63) is 84.2 Å². The van der Waals surface area contributed by atoms with Crippen molar-refractivity contribution >= 4 is 17.3 Å². The number of nitrogens with zero attached hydrogens (tertiary/aromatic N) is 2. The van der Waals surface area contributed by atoms with E-state index < -0.39 is 5.97 Å². The minimum absolute atomic E-state index is 0.0373. The van der Waals surface area contributed by atoms with E-state index in [-0.39, 0.29) is 30.5 Å². The molecule has 3 aromatic rings. The molecule has 0 radical (unpaired) electrons. The van der Waals surface area contributed by atoms with Crippen LogP contribution in [0.3, 0.4) is 0 Å². The average molecular weight is 549 g/mol. The molecule has 40 heavy (non-hydrogen) atoms. The molecule has 212 valence electrons. The van der Waals surface area contributed by atoms with Gasteiger partial charge in [0.2, 0.25) is 0 Å². The largest absolute Gasteiger partial charge is 0.494 e. The van der Waals surface area contributed by atoms with E-state index in [1.54, 1.807) is 12.1 Å². The second kappa shape index (κ2) is 13.0. The molecule has 0 unspecified atom stereocenters. The van der Waals surface area contributed by atoms with Crippen LogP contribution in [0.1, 0.15) is 38.2 Å². The van der Waals surface area contributed by atoms with E-state index in [1.807, 2.05) is 66.4 Å². The van der Waals surface area contributed by atoms with Gasteiger partial charge in [0.1, 0.15) is 23.4 Å². The number of benzene rings is 3. The molecule has 0 saturated carbocycles. The number of carboxylic acid groups (broad SMARTS) is 1. The van der Waals surface area contributed by atoms with Gasteiger partial charge in [-0.3, -0.25) is 4.79 Å². The van der Waals surface area contributed by atoms with Gasteiger partial charge in [0, 0.05) is 50.3 Å². The first-order valence-corrected chi connectivity index (χ1v) is 14.1. The van der Waals surface area contributed by atoms with Crippen LogP contribution >= 0.6 is 0 Å². The number of aliphatic carboxylic acids is 1. The minimum atomic E-state index is -0.811. The first-order valence-electron chi connectivity index (χ1n) is 14.1. The van der Waals surface area contributed by atoms with Crippen LogP contribution in [0.25, 0.3) is 0 Å². The van der Waals surface area contributed by atoms with Crippen molar-refractivity contribution in [2.45, 2.75) is 57.5 Å². The lowest BCUT2D eigenvalue weighted by Gasteiger charge is -2.34. The van der Waals surface area contributed by atoms with Gasteiger partial charge in [0.05, 0.1) is 31.4 Å². The van der Waals surface area contributed by atoms with Crippen LogP contribution in [0, 0.1) is 5.82 Å². The molecule has 2 aliphatic heterocycles. The zero-order valence-corrected chi connectivity index (χ0v) is 22.9. The smallest absolute Gasteiger partial charge is 0.305 e. The highest BCUT2D eigenvalue weighted by atomic mass is 19.1. The molecule has 0 amide bonds. The number of anilines is 2. The van der Waals surface area contributed by atoms with Crippen LogP contribution < -0.4 is 19.3 Å². The number of carboxylic acids is 1. The predicted molar refractivity (Wildman–Crippen MR) is 153 cm³/mol. The Morgan fingerprint density at radius 2 is 1.70 bits per heavy atom. The summed E-state index contributed by atoms with van der Waals surface area (Å²) in [6.45, 7) is 5.00. The fraction of sp³-hybridized carbons (Fsp3) is 0.406. The van der Waals surface area contributed by atoms with Crippen molar-refractivity contribution in [1.29, 1.82) is 0 Å². The monoisotopic (exact) mass is 548 g/mol. The van der Waals surface area contributed by atoms with E-state index in [0.29, 0.717) is 50.7 Å². The highest BCUT2D eigenvalue weighted by Crippen LogP contribution is 2.32. The molecule has 7 nitrogen and oxygen atoms in total. The molecule has 2 atom stereocenters. The Balaban J connectivity index is 1.16. The van der Waals surface area contributed by atoms with E-state index in [1.165, 1.54) is 6.07 Å². The molecule has 8 heteroatoms. The zero-order valence-electron chi connectivity index (χ0n) is 22.9. The molecule has 2 fully saturated rings. The number of ether oxygens (including phenoxy) is 3. The molecular formula is C32H37FN2O5. The SMILES string of the molecule is CCOc1ccc(F)c(N2CCC(Oc3ccc(N4C[C@@H](OCc5ccccc5)C[C@@H]4CC(=O)O)cc3)CC2)c1. The standard InChI is InChI=1S/C32H37FN2O5/c1-2-38-28-12-13-30(33)31(20-28)34-16-14-27(15-17-34)40-26-10-8-24(9-11-26)35-21-29(18-25(35)19-32(36)37)39-22-23-6-4-3-5-7-23/h3-13,20,25,27,29H,2,14-19,21-22H2,1H3,(H,36,37)/t25-,29+/m1/s1. The van der Waals surface area contributed by atoms with Crippen molar-refractivity contribution in [1.82, 2.24) is 0 Å². The Bertz CT molecular complexity index is 1250. The van der Waals surface area contributed by atoms with E-state index in [4.69, 9.17) is 14.2 Å². The fourth-order valence-electron chi connectivity index (χ4n) is 5.61. The Kier molecular flexibility index (Phi) is 9.06. The van der Waals surface area contributed by atoms with Crippen molar-refractivity contribution in [2.75, 3.05) is 36.0 Å². The van der Waals surface area contributed by atoms with Crippen molar-refractivity contribution in [2.24, 2.45) is 0 Å². The molecule has 0 bridgehead atoms. The third-order valence-electron chi connectivity index (χ3n) is 7.60. The maximum absolute atomic E-state index is 14.5. The first kappa shape index (κ1) is 27.8. The van der Waals surface area contributed by atoms with Crippen molar-refractivity contribution in [3.8, 4) is 11.5 Å². The highest BCUT2D eigenvalue weighted by Gasteiger charge is 2.34. The van der Waals surface area contributed by atoms with Crippen LogP contribution in [0.2, 0.25) is 0 Å². The lowest BCUT2D eigenvalue weighted by Crippen LogP contribution is -2.38. The fourth-order valence-corrected chi connectivity index (χ4v) is 5.61. The molecule has 2 heterocycles. The third kappa shape index (κ3) is 7.04. The Labute approximate surface area is 235 Å². The number of hydrogen-bond donors (Lipinski definition) is 1. The zero-order chi connectivity index (χ0) is 27.9. The van der Waals surface area contributed by atoms with E-state index >= 15 is 0 Å². The summed E-state index contributed by atoms with van der Waals surface area (Å²) in [4.78, 5) is 15.7. The van der Waals surface area contributed by atoms with Gasteiger partial charge >= 0.3 is 5.97 Å². The number of rotatable bonds is 11. The number of hydrogen-bond acceptors (Lipinski definition) is 6. The molecule has 5 rings (SSSR count). The second-order valence-corrected chi connectivity index (χ2v) is 10.4. The summed E-state index contributed by atoms with van der Waals surface area (Å²) in [5, 5.41) is 9.49. The van der Waals surface area contributed by atoms with Gasteiger partial charge in [-0.15, -0.1) is 0 Å². The van der Waals surface area contributed by atoms with Crippen molar-refractivity contribution < 1.29 is 28.5 Å². The summed E-state index contributed by atoms with van der Waals surface area (Å²) in [5.74, 6) is 0.399. The van der Waals surface area contributed by atoms with Gasteiger partial charge in [-0.05, 0) is 55.3 Å². The molecule has 0 aromatic heterocycles. The second-order valence-electron chi connectivity index (χ2n) is 10.4. The summed E-state index contributed by atoms with van der Waals surface area (Å²) in [6.07, 6.45) is 2.31. The maximum atomic E-state index is 14.5. The average Bonchev–Trinajstić information content (AvgIpc) is 3.36. The molecular weight excluding hydrogens is 511 g/mol. The molecule has 1 N–H and O–H groups in total. The van der Waals surface area contributed by atoms with Crippen LogP contribution in [-0.4, -0.2) is 55.6 Å². The number of piperidine rings is 1. The highest BCUT2D eigenvalue weighted by molar-refractivity contribution is 5.69. The quantitative estimate of drug-likeness (QED) is 0.319. The number of carbonyl (C=O) groups is 1. The lowest BCUT2D eigenvalue weighted by atomic mass is 10.1. The molecule has 0 spiro atoms. The third-order valence-corrected chi connectivity index (χ3v) is 7.60. The van der Waals surface area contributed by atoms with E-state index in [9.17, 15) is 14.3 Å². The van der Waals surface area contributed by atoms with Gasteiger partial charge in [-0.25, -0.2) is 4.39 Å². The van der Waals surface area contributed by atoms with Gasteiger partial charge in [0.15, 0.2) is 0 Å². The summed E-state index contributed by atoms with van der Waals surface area (Å²) in [7, 11) is 0. The van der Waals surface area contributed by atoms with E-state index in [0.717, 1.165) is 29.8 Å². The molecule has 3 aromatic carbocycles. The van der Waals surface area contributed by atoms with Gasteiger partial charge < -0.3 is 29.1 Å². The van der Waals surface area contributed by atoms with Crippen LogP contribution in [0.5, 0.6) is 11.5 Å². The normalized spacial score (nSPS) is 19.6. The van der Waals surface area contributed by atoms with Gasteiger partial charge in [-0.1, -0.05) is 30.3 Å². The Hall–Kier alpha value is -3.78. The van der Waals surface area contributed by atoms with Gasteiger partial charge in [-0.2, -0.15) is 0 Å². The summed E-state index contributed by atoms with van der Waals surface area (Å²) in [6, 6.07) is 22.7.